The molecule has 2 aromatic rings. The second-order valence-electron chi connectivity index (χ2n) is 7.25. The highest BCUT2D eigenvalue weighted by Gasteiger charge is 2.31. The van der Waals surface area contributed by atoms with Gasteiger partial charge in [-0.1, -0.05) is 55.3 Å². The number of Topliss-reactive ketones (excluding diaryl/α,β-unsaturated/α-hetero) is 1. The van der Waals surface area contributed by atoms with Gasteiger partial charge in [-0.2, -0.15) is 0 Å². The van der Waals surface area contributed by atoms with Crippen LogP contribution in [-0.2, 0) is 11.4 Å². The van der Waals surface area contributed by atoms with E-state index in [1.807, 2.05) is 42.5 Å². The van der Waals surface area contributed by atoms with Crippen molar-refractivity contribution in [3.63, 3.8) is 0 Å². The zero-order valence-electron chi connectivity index (χ0n) is 15.5. The zero-order valence-corrected chi connectivity index (χ0v) is 15.5. The van der Waals surface area contributed by atoms with Crippen molar-refractivity contribution in [2.75, 3.05) is 0 Å². The Morgan fingerprint density at radius 2 is 1.78 bits per heavy atom. The highest BCUT2D eigenvalue weighted by atomic mass is 16.5. The Morgan fingerprint density at radius 1 is 1.04 bits per heavy atom. The minimum absolute atomic E-state index is 0.0388. The first-order chi connectivity index (χ1) is 13.1. The Hall–Kier alpha value is -2.62. The van der Waals surface area contributed by atoms with Crippen LogP contribution in [0.5, 0.6) is 5.75 Å². The van der Waals surface area contributed by atoms with E-state index in [9.17, 15) is 9.59 Å². The molecule has 1 N–H and O–H groups in total. The van der Waals surface area contributed by atoms with Crippen molar-refractivity contribution in [2.24, 2.45) is 11.8 Å². The third kappa shape index (κ3) is 5.43. The van der Waals surface area contributed by atoms with Gasteiger partial charge in [0.25, 0.3) is 0 Å². The lowest BCUT2D eigenvalue weighted by atomic mass is 9.81. The number of benzene rings is 2. The fourth-order valence-electron chi connectivity index (χ4n) is 3.91. The maximum atomic E-state index is 13.1. The number of rotatable bonds is 9. The van der Waals surface area contributed by atoms with Crippen LogP contribution in [0.15, 0.2) is 54.6 Å². The van der Waals surface area contributed by atoms with Crippen LogP contribution in [0.2, 0.25) is 0 Å². The normalized spacial score (nSPS) is 15.4. The third-order valence-corrected chi connectivity index (χ3v) is 5.34. The summed E-state index contributed by atoms with van der Waals surface area (Å²) in [5.41, 5.74) is 1.68. The molecule has 27 heavy (non-hydrogen) atoms. The van der Waals surface area contributed by atoms with E-state index in [0.717, 1.165) is 31.2 Å². The Kier molecular flexibility index (Phi) is 6.64. The van der Waals surface area contributed by atoms with Gasteiger partial charge in [0.1, 0.15) is 12.4 Å². The van der Waals surface area contributed by atoms with Crippen molar-refractivity contribution >= 4 is 11.8 Å². The molecule has 0 spiro atoms. The van der Waals surface area contributed by atoms with Gasteiger partial charge in [-0.05, 0) is 42.9 Å². The maximum absolute atomic E-state index is 13.1. The van der Waals surface area contributed by atoms with Crippen LogP contribution in [0.3, 0.4) is 0 Å². The summed E-state index contributed by atoms with van der Waals surface area (Å²) in [5, 5.41) is 9.05. The van der Waals surface area contributed by atoms with E-state index in [1.54, 1.807) is 12.1 Å². The Bertz CT molecular complexity index is 763. The summed E-state index contributed by atoms with van der Waals surface area (Å²) in [5.74, 6) is -0.0501. The first-order valence-corrected chi connectivity index (χ1v) is 9.66. The minimum atomic E-state index is -0.842. The van der Waals surface area contributed by atoms with E-state index in [-0.39, 0.29) is 18.1 Å². The molecule has 0 aromatic heterocycles. The topological polar surface area (TPSA) is 63.6 Å². The predicted octanol–water partition coefficient (Wildman–Crippen LogP) is 5.12. The van der Waals surface area contributed by atoms with Crippen LogP contribution in [0.25, 0.3) is 0 Å². The van der Waals surface area contributed by atoms with E-state index in [2.05, 4.69) is 0 Å². The molecule has 1 aliphatic rings. The number of carbonyl (C=O) groups is 2. The second-order valence-corrected chi connectivity index (χ2v) is 7.25. The molecule has 0 heterocycles. The molecule has 1 aliphatic carbocycles. The highest BCUT2D eigenvalue weighted by Crippen LogP contribution is 2.36. The van der Waals surface area contributed by atoms with E-state index in [1.165, 1.54) is 0 Å². The SMILES string of the molecule is O=C(O)CC[C@@H](C(=O)c1cccc(OCc2ccccc2)c1)C1CCCC1. The van der Waals surface area contributed by atoms with E-state index in [0.29, 0.717) is 30.3 Å². The first-order valence-electron chi connectivity index (χ1n) is 9.66. The van der Waals surface area contributed by atoms with Gasteiger partial charge in [0.15, 0.2) is 5.78 Å². The summed E-state index contributed by atoms with van der Waals surface area (Å²) < 4.78 is 5.84. The monoisotopic (exact) mass is 366 g/mol. The summed E-state index contributed by atoms with van der Waals surface area (Å²) in [6.07, 6.45) is 4.73. The molecule has 0 unspecified atom stereocenters. The molecule has 0 amide bonds. The molecule has 1 saturated carbocycles. The van der Waals surface area contributed by atoms with E-state index in [4.69, 9.17) is 9.84 Å². The standard InChI is InChI=1S/C23H26O4/c24-22(25)14-13-21(18-9-4-5-10-18)23(26)19-11-6-12-20(15-19)27-16-17-7-2-1-3-8-17/h1-3,6-8,11-12,15,18,21H,4-5,9-10,13-14,16H2,(H,24,25)/t21-/m1/s1. The number of hydrogen-bond acceptors (Lipinski definition) is 3. The molecule has 3 rings (SSSR count). The molecule has 142 valence electrons. The number of carboxylic acids is 1. The molecule has 4 heteroatoms. The Labute approximate surface area is 160 Å². The Balaban J connectivity index is 1.70. The average molecular weight is 366 g/mol. The van der Waals surface area contributed by atoms with Crippen molar-refractivity contribution in [3.05, 3.63) is 65.7 Å². The van der Waals surface area contributed by atoms with Gasteiger partial charge in [0.05, 0.1) is 0 Å². The molecule has 0 bridgehead atoms. The lowest BCUT2D eigenvalue weighted by Gasteiger charge is -2.22. The fraction of sp³-hybridized carbons (Fsp3) is 0.391. The van der Waals surface area contributed by atoms with Crippen molar-refractivity contribution in [1.82, 2.24) is 0 Å². The van der Waals surface area contributed by atoms with Crippen molar-refractivity contribution in [3.8, 4) is 5.75 Å². The number of carbonyl (C=O) groups excluding carboxylic acids is 1. The number of hydrogen-bond donors (Lipinski definition) is 1. The minimum Gasteiger partial charge on any atom is -0.489 e. The van der Waals surface area contributed by atoms with E-state index < -0.39 is 5.97 Å². The molecule has 2 aromatic carbocycles. The van der Waals surface area contributed by atoms with Gasteiger partial charge >= 0.3 is 5.97 Å². The van der Waals surface area contributed by atoms with Crippen molar-refractivity contribution < 1.29 is 19.4 Å². The molecule has 1 fully saturated rings. The van der Waals surface area contributed by atoms with Gasteiger partial charge in [0.2, 0.25) is 0 Å². The Morgan fingerprint density at radius 3 is 2.48 bits per heavy atom. The highest BCUT2D eigenvalue weighted by molar-refractivity contribution is 5.98. The van der Waals surface area contributed by atoms with Crippen molar-refractivity contribution in [2.45, 2.75) is 45.1 Å². The van der Waals surface area contributed by atoms with Crippen LogP contribution in [0, 0.1) is 11.8 Å². The number of ether oxygens (including phenoxy) is 1. The largest absolute Gasteiger partial charge is 0.489 e. The predicted molar refractivity (Wildman–Crippen MR) is 104 cm³/mol. The smallest absolute Gasteiger partial charge is 0.303 e. The van der Waals surface area contributed by atoms with Crippen LogP contribution < -0.4 is 4.74 Å². The summed E-state index contributed by atoms with van der Waals surface area (Å²) in [7, 11) is 0. The molecule has 1 atom stereocenters. The average Bonchev–Trinajstić information content (AvgIpc) is 3.22. The quantitative estimate of drug-likeness (QED) is 0.626. The van der Waals surface area contributed by atoms with Gasteiger partial charge < -0.3 is 9.84 Å². The molecular formula is C23H26O4. The van der Waals surface area contributed by atoms with Gasteiger partial charge in [0, 0.05) is 17.9 Å². The van der Waals surface area contributed by atoms with Gasteiger partial charge in [-0.3, -0.25) is 9.59 Å². The third-order valence-electron chi connectivity index (χ3n) is 5.34. The molecule has 0 aliphatic heterocycles. The second kappa shape index (κ2) is 9.36. The lowest BCUT2D eigenvalue weighted by Crippen LogP contribution is -2.23. The fourth-order valence-corrected chi connectivity index (χ4v) is 3.91. The summed E-state index contributed by atoms with van der Waals surface area (Å²) in [6.45, 7) is 0.448. The van der Waals surface area contributed by atoms with Crippen LogP contribution in [-0.4, -0.2) is 16.9 Å². The maximum Gasteiger partial charge on any atom is 0.303 e. The number of ketones is 1. The number of aliphatic carboxylic acids is 1. The molecule has 4 nitrogen and oxygen atoms in total. The van der Waals surface area contributed by atoms with Crippen molar-refractivity contribution in [1.29, 1.82) is 0 Å². The zero-order chi connectivity index (χ0) is 19.1. The van der Waals surface area contributed by atoms with Gasteiger partial charge in [-0.15, -0.1) is 0 Å². The number of carboxylic acid groups (broad SMARTS) is 1. The first kappa shape index (κ1) is 19.2. The summed E-state index contributed by atoms with van der Waals surface area (Å²) >= 11 is 0. The molecule has 0 radical (unpaired) electrons. The molecular weight excluding hydrogens is 340 g/mol. The van der Waals surface area contributed by atoms with Gasteiger partial charge in [-0.25, -0.2) is 0 Å². The van der Waals surface area contributed by atoms with Crippen LogP contribution >= 0.6 is 0 Å². The molecule has 0 saturated heterocycles. The van der Waals surface area contributed by atoms with E-state index >= 15 is 0 Å². The van der Waals surface area contributed by atoms with Crippen LogP contribution in [0.1, 0.15) is 54.4 Å². The lowest BCUT2D eigenvalue weighted by molar-refractivity contribution is -0.137. The summed E-state index contributed by atoms with van der Waals surface area (Å²) in [4.78, 5) is 24.1. The van der Waals surface area contributed by atoms with Crippen LogP contribution in [0.4, 0.5) is 0 Å². The summed E-state index contributed by atoms with van der Waals surface area (Å²) in [6, 6.07) is 17.2.